The second-order valence-corrected chi connectivity index (χ2v) is 9.62. The normalized spacial score (nSPS) is 13.5. The molecule has 37 heavy (non-hydrogen) atoms. The molecular weight excluding hydrogens is 482 g/mol. The average Bonchev–Trinajstić information content (AvgIpc) is 3.45. The van der Waals surface area contributed by atoms with Crippen LogP contribution in [0.3, 0.4) is 0 Å². The Kier molecular flexibility index (Phi) is 6.00. The molecule has 0 saturated heterocycles. The van der Waals surface area contributed by atoms with Crippen molar-refractivity contribution in [2.75, 3.05) is 11.5 Å². The van der Waals surface area contributed by atoms with Gasteiger partial charge in [-0.2, -0.15) is 0 Å². The number of aliphatic hydroxyl groups excluding tert-OH is 1. The van der Waals surface area contributed by atoms with E-state index in [1.165, 1.54) is 16.2 Å². The molecule has 0 fully saturated rings. The molecule has 1 aliphatic heterocycles. The maximum Gasteiger partial charge on any atom is 0.266 e. The Labute approximate surface area is 217 Å². The highest BCUT2D eigenvalue weighted by atomic mass is 32.1. The van der Waals surface area contributed by atoms with Crippen molar-refractivity contribution in [1.82, 2.24) is 4.57 Å². The smallest absolute Gasteiger partial charge is 0.266 e. The van der Waals surface area contributed by atoms with E-state index >= 15 is 0 Å². The van der Waals surface area contributed by atoms with Crippen LogP contribution in [0.1, 0.15) is 27.1 Å². The van der Waals surface area contributed by atoms with E-state index in [-0.39, 0.29) is 18.4 Å². The van der Waals surface area contributed by atoms with Crippen molar-refractivity contribution < 1.29 is 14.7 Å². The van der Waals surface area contributed by atoms with Gasteiger partial charge in [0.25, 0.3) is 11.8 Å². The molecule has 1 N–H and O–H groups in total. The monoisotopic (exact) mass is 505 g/mol. The Morgan fingerprint density at radius 2 is 1.51 bits per heavy atom. The number of thiazole rings is 1. The maximum absolute atomic E-state index is 13.0. The van der Waals surface area contributed by atoms with E-state index in [2.05, 4.69) is 22.8 Å². The highest BCUT2D eigenvalue weighted by molar-refractivity contribution is 7.07. The number of carbonyl (C=O) groups excluding carboxylic acids is 2. The van der Waals surface area contributed by atoms with Gasteiger partial charge in [0.1, 0.15) is 0 Å². The van der Waals surface area contributed by atoms with Gasteiger partial charge in [-0.15, -0.1) is 11.3 Å². The zero-order valence-corrected chi connectivity index (χ0v) is 20.7. The first-order valence-electron chi connectivity index (χ1n) is 12.1. The first kappa shape index (κ1) is 23.1. The quantitative estimate of drug-likeness (QED) is 0.297. The number of hydrogen-bond donors (Lipinski definition) is 1. The Bertz CT molecular complexity index is 1690. The highest BCUT2D eigenvalue weighted by Gasteiger charge is 2.36. The first-order chi connectivity index (χ1) is 18.2. The van der Waals surface area contributed by atoms with E-state index in [4.69, 9.17) is 4.99 Å². The number of hydrogen-bond acceptors (Lipinski definition) is 5. The summed E-state index contributed by atoms with van der Waals surface area (Å²) in [4.78, 5) is 33.1. The topological polar surface area (TPSA) is 74.9 Å². The van der Waals surface area contributed by atoms with Crippen molar-refractivity contribution >= 4 is 45.3 Å². The van der Waals surface area contributed by atoms with Crippen molar-refractivity contribution in [3.8, 4) is 11.3 Å². The summed E-state index contributed by atoms with van der Waals surface area (Å²) in [6.07, 6.45) is 0.574. The Morgan fingerprint density at radius 1 is 0.811 bits per heavy atom. The molecule has 182 valence electrons. The number of imide groups is 1. The summed E-state index contributed by atoms with van der Waals surface area (Å²) < 4.78 is 2.09. The van der Waals surface area contributed by atoms with E-state index in [9.17, 15) is 14.7 Å². The van der Waals surface area contributed by atoms with Gasteiger partial charge in [0.2, 0.25) is 0 Å². The van der Waals surface area contributed by atoms with Gasteiger partial charge in [0.05, 0.1) is 28.2 Å². The van der Waals surface area contributed by atoms with Gasteiger partial charge in [0.15, 0.2) is 4.80 Å². The molecule has 6 rings (SSSR count). The third-order valence-electron chi connectivity index (χ3n) is 6.51. The number of amides is 2. The van der Waals surface area contributed by atoms with Gasteiger partial charge >= 0.3 is 0 Å². The summed E-state index contributed by atoms with van der Waals surface area (Å²) in [7, 11) is 0. The summed E-state index contributed by atoms with van der Waals surface area (Å²) >= 11 is 1.52. The third-order valence-corrected chi connectivity index (χ3v) is 7.38. The number of fused-ring (bicyclic) bond motifs is 2. The standard InChI is InChI=1S/C30H23N3O3S/c34-17-7-16-32-27(19-37-30(32)31-26-15-6-9-20-8-1-2-12-23(20)26)21-10-5-11-22(18-21)33-28(35)24-13-3-4-14-25(24)29(33)36/h1-6,8-15,18-19,34H,7,16-17H2. The number of aliphatic hydroxyl groups is 1. The summed E-state index contributed by atoms with van der Waals surface area (Å²) in [6, 6.07) is 28.6. The number of anilines is 1. The molecule has 0 aliphatic carbocycles. The zero-order chi connectivity index (χ0) is 25.4. The van der Waals surface area contributed by atoms with Crippen molar-refractivity contribution in [1.29, 1.82) is 0 Å². The summed E-state index contributed by atoms with van der Waals surface area (Å²) in [5.74, 6) is -0.634. The van der Waals surface area contributed by atoms with Gasteiger partial charge in [0, 0.05) is 29.5 Å². The lowest BCUT2D eigenvalue weighted by Gasteiger charge is -2.16. The third kappa shape index (κ3) is 4.08. The van der Waals surface area contributed by atoms with E-state index in [0.29, 0.717) is 29.8 Å². The van der Waals surface area contributed by atoms with Crippen LogP contribution >= 0.6 is 11.3 Å². The number of aromatic nitrogens is 1. The molecule has 5 aromatic rings. The van der Waals surface area contributed by atoms with Crippen LogP contribution in [0, 0.1) is 0 Å². The fourth-order valence-electron chi connectivity index (χ4n) is 4.73. The summed E-state index contributed by atoms with van der Waals surface area (Å²) in [5, 5.41) is 13.8. The van der Waals surface area contributed by atoms with Crippen molar-refractivity contribution in [3.63, 3.8) is 0 Å². The molecule has 1 aliphatic rings. The van der Waals surface area contributed by atoms with Crippen LogP contribution in [0.5, 0.6) is 0 Å². The molecule has 0 saturated carbocycles. The lowest BCUT2D eigenvalue weighted by atomic mass is 10.1. The lowest BCUT2D eigenvalue weighted by Crippen LogP contribution is -2.29. The van der Waals surface area contributed by atoms with E-state index in [1.54, 1.807) is 30.3 Å². The Morgan fingerprint density at radius 3 is 2.30 bits per heavy atom. The predicted octanol–water partition coefficient (Wildman–Crippen LogP) is 5.79. The van der Waals surface area contributed by atoms with Crippen LogP contribution in [-0.4, -0.2) is 28.1 Å². The van der Waals surface area contributed by atoms with E-state index < -0.39 is 0 Å². The minimum atomic E-state index is -0.317. The van der Waals surface area contributed by atoms with Crippen molar-refractivity contribution in [2.24, 2.45) is 4.99 Å². The van der Waals surface area contributed by atoms with Gasteiger partial charge in [-0.1, -0.05) is 60.7 Å². The minimum absolute atomic E-state index is 0.0606. The second kappa shape index (κ2) is 9.61. The first-order valence-corrected chi connectivity index (χ1v) is 12.9. The Balaban J connectivity index is 1.44. The molecule has 0 radical (unpaired) electrons. The fourth-order valence-corrected chi connectivity index (χ4v) is 5.68. The van der Waals surface area contributed by atoms with Crippen LogP contribution in [0.2, 0.25) is 0 Å². The molecule has 0 unspecified atom stereocenters. The number of carbonyl (C=O) groups is 2. The molecule has 6 nitrogen and oxygen atoms in total. The Hall–Kier alpha value is -4.33. The summed E-state index contributed by atoms with van der Waals surface area (Å²) in [6.45, 7) is 0.640. The molecule has 0 bridgehead atoms. The molecule has 0 spiro atoms. The molecule has 2 amide bonds. The minimum Gasteiger partial charge on any atom is -0.396 e. The molecule has 0 atom stereocenters. The second-order valence-electron chi connectivity index (χ2n) is 8.78. The number of rotatable bonds is 6. The molecule has 1 aromatic heterocycles. The average molecular weight is 506 g/mol. The summed E-state index contributed by atoms with van der Waals surface area (Å²) in [5.41, 5.74) is 4.02. The van der Waals surface area contributed by atoms with Crippen LogP contribution in [-0.2, 0) is 6.54 Å². The van der Waals surface area contributed by atoms with Gasteiger partial charge in [-0.05, 0) is 42.1 Å². The van der Waals surface area contributed by atoms with Gasteiger partial charge in [-0.25, -0.2) is 9.89 Å². The highest BCUT2D eigenvalue weighted by Crippen LogP contribution is 2.32. The fraction of sp³-hybridized carbons (Fsp3) is 0.100. The number of nitrogens with zero attached hydrogens (tertiary/aromatic N) is 3. The van der Waals surface area contributed by atoms with Crippen LogP contribution < -0.4 is 9.70 Å². The SMILES string of the molecule is O=C1c2ccccc2C(=O)N1c1cccc(-c2csc(=Nc3cccc4ccccc34)n2CCCO)c1. The van der Waals surface area contributed by atoms with Crippen molar-refractivity contribution in [3.05, 3.63) is 112 Å². The van der Waals surface area contributed by atoms with Crippen LogP contribution in [0.25, 0.3) is 22.0 Å². The molecule has 7 heteroatoms. The predicted molar refractivity (Wildman–Crippen MR) is 146 cm³/mol. The largest absolute Gasteiger partial charge is 0.396 e. The van der Waals surface area contributed by atoms with Crippen LogP contribution in [0.4, 0.5) is 11.4 Å². The molecule has 4 aromatic carbocycles. The number of benzene rings is 4. The van der Waals surface area contributed by atoms with E-state index in [1.807, 2.05) is 47.8 Å². The van der Waals surface area contributed by atoms with Gasteiger partial charge < -0.3 is 9.67 Å². The van der Waals surface area contributed by atoms with E-state index in [0.717, 1.165) is 32.5 Å². The molecular formula is C30H23N3O3S. The lowest BCUT2D eigenvalue weighted by molar-refractivity contribution is 0.0926. The van der Waals surface area contributed by atoms with Crippen LogP contribution in [0.15, 0.2) is 101 Å². The van der Waals surface area contributed by atoms with Crippen molar-refractivity contribution in [2.45, 2.75) is 13.0 Å². The zero-order valence-electron chi connectivity index (χ0n) is 19.9. The molecule has 2 heterocycles. The van der Waals surface area contributed by atoms with Gasteiger partial charge in [-0.3, -0.25) is 9.59 Å². The maximum atomic E-state index is 13.0.